The first-order valence-electron chi connectivity index (χ1n) is 6.81. The summed E-state index contributed by atoms with van der Waals surface area (Å²) < 4.78 is 0. The lowest BCUT2D eigenvalue weighted by atomic mass is 9.94. The third kappa shape index (κ3) is 1.70. The molecule has 0 heterocycles. The van der Waals surface area contributed by atoms with Gasteiger partial charge in [-0.1, -0.05) is 72.8 Å². The van der Waals surface area contributed by atoms with Gasteiger partial charge in [0.25, 0.3) is 0 Å². The van der Waals surface area contributed by atoms with Crippen molar-refractivity contribution in [3.63, 3.8) is 0 Å². The zero-order chi connectivity index (χ0) is 13.4. The van der Waals surface area contributed by atoms with Crippen LogP contribution in [0, 0.1) is 6.07 Å². The Morgan fingerprint density at radius 2 is 1.45 bits per heavy atom. The van der Waals surface area contributed by atoms with Crippen LogP contribution in [0.3, 0.4) is 0 Å². The second-order valence-corrected chi connectivity index (χ2v) is 4.97. The standard InChI is InChI=1S/C20H13/c1-2-7-15(8-3-1)19-12-6-10-17-14-13-16-9-4-5-11-18(16)20(17)19/h1-12,14H. The molecule has 93 valence electrons. The first kappa shape index (κ1) is 11.2. The summed E-state index contributed by atoms with van der Waals surface area (Å²) in [5.41, 5.74) is 2.54. The van der Waals surface area contributed by atoms with Crippen molar-refractivity contribution < 1.29 is 0 Å². The summed E-state index contributed by atoms with van der Waals surface area (Å²) in [7, 11) is 0. The van der Waals surface area contributed by atoms with E-state index in [0.29, 0.717) is 0 Å². The number of rotatable bonds is 1. The Labute approximate surface area is 118 Å². The Balaban J connectivity index is 2.19. The van der Waals surface area contributed by atoms with Crippen LogP contribution in [-0.4, -0.2) is 0 Å². The van der Waals surface area contributed by atoms with E-state index in [9.17, 15) is 0 Å². The smallest absolute Gasteiger partial charge is 0.00264 e. The summed E-state index contributed by atoms with van der Waals surface area (Å²) >= 11 is 0. The lowest BCUT2D eigenvalue weighted by Gasteiger charge is -2.10. The topological polar surface area (TPSA) is 0 Å². The normalized spacial score (nSPS) is 11.0. The largest absolute Gasteiger partial charge is 0.0622 e. The molecule has 0 atom stereocenters. The van der Waals surface area contributed by atoms with Crippen LogP contribution in [0.4, 0.5) is 0 Å². The molecule has 0 aromatic heterocycles. The Bertz CT molecular complexity index is 889. The molecule has 4 aromatic carbocycles. The summed E-state index contributed by atoms with van der Waals surface area (Å²) in [5.74, 6) is 0. The van der Waals surface area contributed by atoms with Crippen molar-refractivity contribution in [1.29, 1.82) is 0 Å². The molecule has 0 amide bonds. The Hall–Kier alpha value is -2.60. The molecule has 0 unspecified atom stereocenters. The molecule has 0 heteroatoms. The van der Waals surface area contributed by atoms with Crippen molar-refractivity contribution in [2.45, 2.75) is 0 Å². The van der Waals surface area contributed by atoms with E-state index in [4.69, 9.17) is 0 Å². The fourth-order valence-corrected chi connectivity index (χ4v) is 2.83. The molecule has 0 saturated carbocycles. The minimum Gasteiger partial charge on any atom is -0.0622 e. The molecule has 0 N–H and O–H groups in total. The minimum atomic E-state index is 1.17. The maximum Gasteiger partial charge on any atom is -0.00264 e. The van der Waals surface area contributed by atoms with Gasteiger partial charge < -0.3 is 0 Å². The molecule has 4 aromatic rings. The monoisotopic (exact) mass is 253 g/mol. The SMILES string of the molecule is [c]1cc2cccc(-c3ccccc3)c2c2ccccc12. The van der Waals surface area contributed by atoms with E-state index in [1.807, 2.05) is 0 Å². The van der Waals surface area contributed by atoms with Gasteiger partial charge in [-0.2, -0.15) is 0 Å². The minimum absolute atomic E-state index is 1.17. The maximum atomic E-state index is 3.37. The predicted molar refractivity (Wildman–Crippen MR) is 85.7 cm³/mol. The molecule has 0 bridgehead atoms. The zero-order valence-electron chi connectivity index (χ0n) is 11.0. The van der Waals surface area contributed by atoms with Gasteiger partial charge in [-0.3, -0.25) is 0 Å². The second-order valence-electron chi connectivity index (χ2n) is 4.97. The predicted octanol–water partition coefficient (Wildman–Crippen LogP) is 5.46. The summed E-state index contributed by atoms with van der Waals surface area (Å²) in [4.78, 5) is 0. The quantitative estimate of drug-likeness (QED) is 0.395. The third-order valence-corrected chi connectivity index (χ3v) is 3.76. The van der Waals surface area contributed by atoms with Gasteiger partial charge in [-0.05, 0) is 44.8 Å². The molecule has 4 rings (SSSR count). The van der Waals surface area contributed by atoms with Crippen molar-refractivity contribution in [2.24, 2.45) is 0 Å². The Morgan fingerprint density at radius 3 is 2.35 bits per heavy atom. The summed E-state index contributed by atoms with van der Waals surface area (Å²) in [5, 5.41) is 4.99. The average Bonchev–Trinajstić information content (AvgIpc) is 2.55. The van der Waals surface area contributed by atoms with E-state index in [-0.39, 0.29) is 0 Å². The highest BCUT2D eigenvalue weighted by Crippen LogP contribution is 2.33. The molecule has 0 nitrogen and oxygen atoms in total. The number of fused-ring (bicyclic) bond motifs is 3. The van der Waals surface area contributed by atoms with Crippen molar-refractivity contribution in [3.8, 4) is 11.1 Å². The summed E-state index contributed by atoms with van der Waals surface area (Å²) in [6.45, 7) is 0. The Kier molecular flexibility index (Phi) is 2.53. The molecular formula is C20H13. The summed E-state index contributed by atoms with van der Waals surface area (Å²) in [6, 6.07) is 31.0. The van der Waals surface area contributed by atoms with Crippen molar-refractivity contribution in [3.05, 3.63) is 84.9 Å². The van der Waals surface area contributed by atoms with Gasteiger partial charge >= 0.3 is 0 Å². The molecule has 0 aliphatic carbocycles. The molecule has 0 spiro atoms. The maximum absolute atomic E-state index is 3.37. The first-order valence-corrected chi connectivity index (χ1v) is 6.81. The lowest BCUT2D eigenvalue weighted by Crippen LogP contribution is -1.83. The zero-order valence-corrected chi connectivity index (χ0v) is 11.0. The van der Waals surface area contributed by atoms with E-state index in [2.05, 4.69) is 84.9 Å². The molecule has 20 heavy (non-hydrogen) atoms. The van der Waals surface area contributed by atoms with Crippen LogP contribution in [-0.2, 0) is 0 Å². The van der Waals surface area contributed by atoms with Crippen LogP contribution in [0.5, 0.6) is 0 Å². The van der Waals surface area contributed by atoms with E-state index < -0.39 is 0 Å². The highest BCUT2D eigenvalue weighted by Gasteiger charge is 2.06. The van der Waals surface area contributed by atoms with Crippen molar-refractivity contribution in [1.82, 2.24) is 0 Å². The molecule has 0 saturated heterocycles. The van der Waals surface area contributed by atoms with E-state index >= 15 is 0 Å². The molecular weight excluding hydrogens is 240 g/mol. The third-order valence-electron chi connectivity index (χ3n) is 3.76. The van der Waals surface area contributed by atoms with Crippen LogP contribution in [0.25, 0.3) is 32.7 Å². The summed E-state index contributed by atoms with van der Waals surface area (Å²) in [6.07, 6.45) is 0. The van der Waals surface area contributed by atoms with Crippen LogP contribution in [0.2, 0.25) is 0 Å². The van der Waals surface area contributed by atoms with E-state index in [0.717, 1.165) is 0 Å². The van der Waals surface area contributed by atoms with Gasteiger partial charge in [0.1, 0.15) is 0 Å². The van der Waals surface area contributed by atoms with Crippen molar-refractivity contribution >= 4 is 21.5 Å². The number of benzene rings is 4. The number of hydrogen-bond donors (Lipinski definition) is 0. The molecule has 1 radical (unpaired) electrons. The number of hydrogen-bond acceptors (Lipinski definition) is 0. The van der Waals surface area contributed by atoms with Gasteiger partial charge in [0, 0.05) is 0 Å². The van der Waals surface area contributed by atoms with Crippen LogP contribution in [0.1, 0.15) is 0 Å². The lowest BCUT2D eigenvalue weighted by molar-refractivity contribution is 1.66. The van der Waals surface area contributed by atoms with Crippen LogP contribution in [0.15, 0.2) is 78.9 Å². The Morgan fingerprint density at radius 1 is 0.650 bits per heavy atom. The van der Waals surface area contributed by atoms with E-state index in [1.165, 1.54) is 32.7 Å². The molecule has 0 fully saturated rings. The van der Waals surface area contributed by atoms with Crippen LogP contribution < -0.4 is 0 Å². The van der Waals surface area contributed by atoms with Gasteiger partial charge in [0.15, 0.2) is 0 Å². The van der Waals surface area contributed by atoms with E-state index in [1.54, 1.807) is 0 Å². The molecule has 0 aliphatic rings. The highest BCUT2D eigenvalue weighted by molar-refractivity contribution is 6.13. The fourth-order valence-electron chi connectivity index (χ4n) is 2.83. The van der Waals surface area contributed by atoms with Crippen LogP contribution >= 0.6 is 0 Å². The van der Waals surface area contributed by atoms with Crippen molar-refractivity contribution in [2.75, 3.05) is 0 Å². The fraction of sp³-hybridized carbons (Fsp3) is 0. The highest BCUT2D eigenvalue weighted by atomic mass is 14.1. The first-order chi connectivity index (χ1) is 9.93. The van der Waals surface area contributed by atoms with Gasteiger partial charge in [0.2, 0.25) is 0 Å². The van der Waals surface area contributed by atoms with Gasteiger partial charge in [-0.25, -0.2) is 0 Å². The van der Waals surface area contributed by atoms with Gasteiger partial charge in [0.05, 0.1) is 0 Å². The average molecular weight is 253 g/mol. The molecule has 0 aliphatic heterocycles. The second kappa shape index (κ2) is 4.50. The van der Waals surface area contributed by atoms with Gasteiger partial charge in [-0.15, -0.1) is 0 Å².